The minimum atomic E-state index is 0.285. The molecule has 2 nitrogen and oxygen atoms in total. The summed E-state index contributed by atoms with van der Waals surface area (Å²) in [5, 5.41) is 6.74. The zero-order chi connectivity index (χ0) is 13.8. The molecule has 0 unspecified atom stereocenters. The fourth-order valence-electron chi connectivity index (χ4n) is 1.62. The molecule has 0 atom stereocenters. The van der Waals surface area contributed by atoms with Crippen molar-refractivity contribution in [2.24, 2.45) is 10.8 Å². The van der Waals surface area contributed by atoms with Gasteiger partial charge in [-0.1, -0.05) is 46.8 Å². The van der Waals surface area contributed by atoms with Gasteiger partial charge in [0.05, 0.1) is 0 Å². The molecule has 2 heteroatoms. The lowest BCUT2D eigenvalue weighted by atomic mass is 9.69. The topological polar surface area (TPSA) is 24.1 Å². The fraction of sp³-hybridized carbons (Fsp3) is 0.625. The fourth-order valence-corrected chi connectivity index (χ4v) is 1.62. The average Bonchev–Trinajstić information content (AvgIpc) is 2.27. The summed E-state index contributed by atoms with van der Waals surface area (Å²) in [6.07, 6.45) is 0. The monoisotopic (exact) mass is 248 g/mol. The van der Waals surface area contributed by atoms with E-state index in [0.717, 1.165) is 13.1 Å². The second kappa shape index (κ2) is 5.75. The van der Waals surface area contributed by atoms with Crippen LogP contribution in [0.2, 0.25) is 0 Å². The highest BCUT2D eigenvalue weighted by Gasteiger charge is 2.31. The van der Waals surface area contributed by atoms with Crippen LogP contribution in [0.15, 0.2) is 24.3 Å². The maximum absolute atomic E-state index is 3.57. The summed E-state index contributed by atoms with van der Waals surface area (Å²) in [7, 11) is 1.95. The molecule has 0 spiro atoms. The summed E-state index contributed by atoms with van der Waals surface area (Å²) in [6.45, 7) is 13.5. The first-order chi connectivity index (χ1) is 8.26. The quantitative estimate of drug-likeness (QED) is 0.826. The van der Waals surface area contributed by atoms with Gasteiger partial charge in [-0.15, -0.1) is 0 Å². The molecule has 102 valence electrons. The minimum Gasteiger partial charge on any atom is -0.388 e. The van der Waals surface area contributed by atoms with Gasteiger partial charge in [0.25, 0.3) is 0 Å². The molecule has 2 N–H and O–H groups in total. The summed E-state index contributed by atoms with van der Waals surface area (Å²) >= 11 is 0. The van der Waals surface area contributed by atoms with E-state index in [0.29, 0.717) is 5.41 Å². The van der Waals surface area contributed by atoms with Gasteiger partial charge in [0.1, 0.15) is 0 Å². The molecule has 1 aromatic rings. The minimum absolute atomic E-state index is 0.285. The van der Waals surface area contributed by atoms with E-state index in [1.807, 2.05) is 7.05 Å². The highest BCUT2D eigenvalue weighted by Crippen LogP contribution is 2.37. The van der Waals surface area contributed by atoms with Crippen molar-refractivity contribution in [3.8, 4) is 0 Å². The Hall–Kier alpha value is -1.02. The molecule has 0 aliphatic heterocycles. The van der Waals surface area contributed by atoms with Crippen molar-refractivity contribution in [3.05, 3.63) is 29.8 Å². The van der Waals surface area contributed by atoms with Crippen LogP contribution in [0.1, 0.15) is 40.2 Å². The van der Waals surface area contributed by atoms with Crippen LogP contribution in [-0.2, 0) is 6.54 Å². The summed E-state index contributed by atoms with van der Waals surface area (Å²) < 4.78 is 0. The van der Waals surface area contributed by atoms with Crippen LogP contribution in [0, 0.1) is 10.8 Å². The van der Waals surface area contributed by atoms with E-state index < -0.39 is 0 Å². The van der Waals surface area contributed by atoms with Crippen molar-refractivity contribution >= 4 is 5.69 Å². The van der Waals surface area contributed by atoms with E-state index in [-0.39, 0.29) is 5.41 Å². The maximum atomic E-state index is 3.57. The number of anilines is 1. The molecule has 0 amide bonds. The van der Waals surface area contributed by atoms with E-state index in [2.05, 4.69) is 69.5 Å². The van der Waals surface area contributed by atoms with Crippen molar-refractivity contribution < 1.29 is 0 Å². The van der Waals surface area contributed by atoms with Gasteiger partial charge < -0.3 is 10.6 Å². The van der Waals surface area contributed by atoms with E-state index in [1.165, 1.54) is 11.3 Å². The molecule has 0 saturated carbocycles. The Labute approximate surface area is 112 Å². The van der Waals surface area contributed by atoms with Gasteiger partial charge in [-0.2, -0.15) is 0 Å². The average molecular weight is 248 g/mol. The summed E-state index contributed by atoms with van der Waals surface area (Å²) in [5.41, 5.74) is 3.09. The number of hydrogen-bond donors (Lipinski definition) is 2. The first-order valence-corrected chi connectivity index (χ1v) is 6.74. The lowest BCUT2D eigenvalue weighted by Crippen LogP contribution is -2.39. The molecule has 0 radical (unpaired) electrons. The zero-order valence-corrected chi connectivity index (χ0v) is 12.7. The van der Waals surface area contributed by atoms with Gasteiger partial charge >= 0.3 is 0 Å². The van der Waals surface area contributed by atoms with Crippen molar-refractivity contribution in [3.63, 3.8) is 0 Å². The van der Waals surface area contributed by atoms with Gasteiger partial charge in [0.2, 0.25) is 0 Å². The van der Waals surface area contributed by atoms with Crippen molar-refractivity contribution in [1.82, 2.24) is 5.32 Å². The Morgan fingerprint density at radius 1 is 1.06 bits per heavy atom. The van der Waals surface area contributed by atoms with Gasteiger partial charge in [-0.05, 0) is 28.5 Å². The highest BCUT2D eigenvalue weighted by atomic mass is 14.9. The second-order valence-electron chi connectivity index (χ2n) is 6.69. The Balaban J connectivity index is 2.51. The molecule has 1 rings (SSSR count). The molecule has 0 bridgehead atoms. The SMILES string of the molecule is CNc1cccc(CNCC(C)(C)C(C)(C)C)c1. The van der Waals surface area contributed by atoms with E-state index in [4.69, 9.17) is 0 Å². The van der Waals surface area contributed by atoms with Gasteiger partial charge in [0, 0.05) is 25.8 Å². The van der Waals surface area contributed by atoms with Gasteiger partial charge in [-0.3, -0.25) is 0 Å². The van der Waals surface area contributed by atoms with E-state index in [1.54, 1.807) is 0 Å². The third-order valence-corrected chi connectivity index (χ3v) is 4.14. The smallest absolute Gasteiger partial charge is 0.0340 e. The molecule has 0 aromatic heterocycles. The molecule has 0 heterocycles. The van der Waals surface area contributed by atoms with Crippen LogP contribution in [0.4, 0.5) is 5.69 Å². The molecular formula is C16H28N2. The Morgan fingerprint density at radius 2 is 1.72 bits per heavy atom. The molecule has 0 aliphatic rings. The second-order valence-corrected chi connectivity index (χ2v) is 6.69. The van der Waals surface area contributed by atoms with Crippen LogP contribution in [0.3, 0.4) is 0 Å². The third-order valence-electron chi connectivity index (χ3n) is 4.14. The van der Waals surface area contributed by atoms with Crippen LogP contribution in [0.5, 0.6) is 0 Å². The Kier molecular flexibility index (Phi) is 4.80. The summed E-state index contributed by atoms with van der Waals surface area (Å²) in [5.74, 6) is 0. The number of nitrogens with one attached hydrogen (secondary N) is 2. The molecule has 18 heavy (non-hydrogen) atoms. The van der Waals surface area contributed by atoms with Crippen LogP contribution >= 0.6 is 0 Å². The molecule has 1 aromatic carbocycles. The largest absolute Gasteiger partial charge is 0.388 e. The van der Waals surface area contributed by atoms with Crippen molar-refractivity contribution in [1.29, 1.82) is 0 Å². The standard InChI is InChI=1S/C16H28N2/c1-15(2,3)16(4,5)12-18-11-13-8-7-9-14(10-13)17-6/h7-10,17-18H,11-12H2,1-6H3. The zero-order valence-electron chi connectivity index (χ0n) is 12.7. The lowest BCUT2D eigenvalue weighted by Gasteiger charge is -2.39. The number of rotatable bonds is 5. The van der Waals surface area contributed by atoms with Crippen LogP contribution in [0.25, 0.3) is 0 Å². The third kappa shape index (κ3) is 4.02. The summed E-state index contributed by atoms with van der Waals surface area (Å²) in [6, 6.07) is 8.54. The lowest BCUT2D eigenvalue weighted by molar-refractivity contribution is 0.129. The molecule has 0 fully saturated rings. The molecular weight excluding hydrogens is 220 g/mol. The van der Waals surface area contributed by atoms with Crippen molar-refractivity contribution in [2.75, 3.05) is 18.9 Å². The van der Waals surface area contributed by atoms with Gasteiger partial charge in [-0.25, -0.2) is 0 Å². The predicted octanol–water partition coefficient (Wildman–Crippen LogP) is 3.89. The highest BCUT2D eigenvalue weighted by molar-refractivity contribution is 5.44. The first-order valence-electron chi connectivity index (χ1n) is 6.74. The van der Waals surface area contributed by atoms with Gasteiger partial charge in [0.15, 0.2) is 0 Å². The van der Waals surface area contributed by atoms with Crippen LogP contribution in [-0.4, -0.2) is 13.6 Å². The van der Waals surface area contributed by atoms with Crippen molar-refractivity contribution in [2.45, 2.75) is 41.2 Å². The number of hydrogen-bond acceptors (Lipinski definition) is 2. The maximum Gasteiger partial charge on any atom is 0.0340 e. The van der Waals surface area contributed by atoms with E-state index >= 15 is 0 Å². The molecule has 0 aliphatic carbocycles. The normalized spacial score (nSPS) is 12.6. The van der Waals surface area contributed by atoms with Crippen LogP contribution < -0.4 is 10.6 Å². The predicted molar refractivity (Wildman–Crippen MR) is 80.9 cm³/mol. The molecule has 0 saturated heterocycles. The Bertz CT molecular complexity index is 375. The number of benzene rings is 1. The summed E-state index contributed by atoms with van der Waals surface area (Å²) in [4.78, 5) is 0. The first kappa shape index (κ1) is 15.0. The Morgan fingerprint density at radius 3 is 2.28 bits per heavy atom. The van der Waals surface area contributed by atoms with E-state index in [9.17, 15) is 0 Å².